The van der Waals surface area contributed by atoms with Gasteiger partial charge in [0.15, 0.2) is 0 Å². The highest BCUT2D eigenvalue weighted by Gasteiger charge is 2.68. The molecule has 8 rings (SSSR count). The molecule has 0 aromatic heterocycles. The van der Waals surface area contributed by atoms with Crippen molar-refractivity contribution in [3.05, 3.63) is 23.3 Å². The van der Waals surface area contributed by atoms with Crippen LogP contribution in [0.4, 0.5) is 0 Å². The number of fused-ring (bicyclic) bond motifs is 8. The highest BCUT2D eigenvalue weighted by atomic mass is 33.1. The quantitative estimate of drug-likeness (QED) is 0.160. The first-order chi connectivity index (χ1) is 23.5. The number of hydrogen-bond acceptors (Lipinski definition) is 10. The van der Waals surface area contributed by atoms with Crippen LogP contribution in [0.1, 0.15) is 104 Å². The number of piperidine rings is 1. The summed E-state index contributed by atoms with van der Waals surface area (Å²) in [5, 5.41) is 3.54. The van der Waals surface area contributed by atoms with Crippen LogP contribution in [0.15, 0.2) is 23.3 Å². The van der Waals surface area contributed by atoms with Crippen LogP contribution in [-0.2, 0) is 28.6 Å². The summed E-state index contributed by atoms with van der Waals surface area (Å²) in [5.41, 5.74) is 6.98. The SMILES string of the molecule is CC=C(C)C(=O)O[C@@]1(C)CC=C2CSSC3(CCCC3)[C@H]3CCN3C(=O)CC3CNC(N)CC3[C@@H]2[C@@]12CC1CC3CCC(=O)OC3CC1O2. The summed E-state index contributed by atoms with van der Waals surface area (Å²) in [6, 6.07) is 0.329. The van der Waals surface area contributed by atoms with Crippen LogP contribution in [0.5, 0.6) is 0 Å². The van der Waals surface area contributed by atoms with Gasteiger partial charge < -0.3 is 30.2 Å². The van der Waals surface area contributed by atoms with Gasteiger partial charge in [-0.25, -0.2) is 4.79 Å². The Labute approximate surface area is 299 Å². The molecule has 270 valence electrons. The Hall–Kier alpha value is -1.53. The van der Waals surface area contributed by atoms with Crippen molar-refractivity contribution >= 4 is 39.4 Å². The van der Waals surface area contributed by atoms with Crippen molar-refractivity contribution < 1.29 is 28.6 Å². The highest BCUT2D eigenvalue weighted by molar-refractivity contribution is 8.77. The van der Waals surface area contributed by atoms with Gasteiger partial charge >= 0.3 is 11.9 Å². The molecule has 0 bridgehead atoms. The average Bonchev–Trinajstić information content (AvgIpc) is 3.67. The maximum absolute atomic E-state index is 14.3. The van der Waals surface area contributed by atoms with Gasteiger partial charge in [-0.1, -0.05) is 52.2 Å². The number of rotatable bonds is 2. The normalized spacial score (nSPS) is 45.0. The molecule has 5 saturated heterocycles. The van der Waals surface area contributed by atoms with E-state index in [4.69, 9.17) is 19.9 Å². The van der Waals surface area contributed by atoms with Crippen LogP contribution in [0.25, 0.3) is 0 Å². The van der Waals surface area contributed by atoms with Crippen molar-refractivity contribution in [1.82, 2.24) is 10.2 Å². The molecule has 11 atom stereocenters. The van der Waals surface area contributed by atoms with Crippen LogP contribution in [0.3, 0.4) is 0 Å². The number of hydrogen-bond donors (Lipinski definition) is 2. The fourth-order valence-corrected chi connectivity index (χ4v) is 15.0. The van der Waals surface area contributed by atoms with E-state index < -0.39 is 11.2 Å². The fourth-order valence-electron chi connectivity index (χ4n) is 11.3. The molecule has 0 aromatic carbocycles. The Morgan fingerprint density at radius 3 is 2.69 bits per heavy atom. The third kappa shape index (κ3) is 5.84. The van der Waals surface area contributed by atoms with Crippen molar-refractivity contribution in [2.75, 3.05) is 18.8 Å². The van der Waals surface area contributed by atoms with Crippen molar-refractivity contribution in [2.45, 2.75) is 145 Å². The lowest BCUT2D eigenvalue weighted by Crippen LogP contribution is -2.66. The predicted octanol–water partition coefficient (Wildman–Crippen LogP) is 5.67. The zero-order chi connectivity index (χ0) is 34.1. The summed E-state index contributed by atoms with van der Waals surface area (Å²) in [6.45, 7) is 7.33. The Morgan fingerprint density at radius 1 is 1.12 bits per heavy atom. The summed E-state index contributed by atoms with van der Waals surface area (Å²) in [5.74, 6) is 1.46. The number of carbonyl (C=O) groups is 3. The predicted molar refractivity (Wildman–Crippen MR) is 191 cm³/mol. The molecular formula is C38H55N3O6S2. The first-order valence-corrected chi connectivity index (χ1v) is 21.4. The van der Waals surface area contributed by atoms with E-state index in [1.54, 1.807) is 0 Å². The Kier molecular flexibility index (Phi) is 9.27. The second kappa shape index (κ2) is 13.2. The number of nitrogens with one attached hydrogen (secondary N) is 1. The first-order valence-electron chi connectivity index (χ1n) is 19.1. The summed E-state index contributed by atoms with van der Waals surface area (Å²) >= 11 is 0. The smallest absolute Gasteiger partial charge is 0.334 e. The molecule has 5 heterocycles. The number of nitrogens with two attached hydrogens (primary N) is 1. The number of allylic oxidation sites excluding steroid dienone is 1. The molecule has 11 heteroatoms. The van der Waals surface area contributed by atoms with Gasteiger partial charge in [0.2, 0.25) is 5.91 Å². The third-order valence-electron chi connectivity index (χ3n) is 14.2. The van der Waals surface area contributed by atoms with Crippen molar-refractivity contribution in [3.8, 4) is 0 Å². The molecule has 9 nitrogen and oxygen atoms in total. The molecule has 7 fully saturated rings. The number of carbonyl (C=O) groups excluding carboxylic acids is 3. The average molecular weight is 714 g/mol. The zero-order valence-electron chi connectivity index (χ0n) is 29.5. The molecule has 8 aliphatic rings. The third-order valence-corrected chi connectivity index (χ3v) is 17.4. The van der Waals surface area contributed by atoms with Crippen LogP contribution < -0.4 is 11.1 Å². The van der Waals surface area contributed by atoms with Crippen LogP contribution in [-0.4, -0.2) is 82.0 Å². The van der Waals surface area contributed by atoms with E-state index >= 15 is 0 Å². The minimum atomic E-state index is -0.921. The van der Waals surface area contributed by atoms with E-state index in [1.807, 2.05) is 41.5 Å². The molecule has 49 heavy (non-hydrogen) atoms. The second-order valence-electron chi connectivity index (χ2n) is 16.7. The molecule has 2 spiro atoms. The number of ether oxygens (including phenoxy) is 3. The summed E-state index contributed by atoms with van der Waals surface area (Å²) in [7, 11) is 4.01. The first kappa shape index (κ1) is 34.6. The molecule has 3 N–H and O–H groups in total. The van der Waals surface area contributed by atoms with E-state index in [2.05, 4.69) is 23.2 Å². The van der Waals surface area contributed by atoms with Crippen LogP contribution in [0.2, 0.25) is 0 Å². The van der Waals surface area contributed by atoms with E-state index in [9.17, 15) is 14.4 Å². The molecular weight excluding hydrogens is 659 g/mol. The van der Waals surface area contributed by atoms with Gasteiger partial charge in [-0.15, -0.1) is 0 Å². The van der Waals surface area contributed by atoms with Crippen LogP contribution in [0, 0.1) is 29.6 Å². The lowest BCUT2D eigenvalue weighted by molar-refractivity contribution is -0.229. The Balaban J connectivity index is 1.22. The minimum absolute atomic E-state index is 0.0645. The number of amides is 1. The molecule has 7 unspecified atom stereocenters. The van der Waals surface area contributed by atoms with Gasteiger partial charge in [-0.3, -0.25) is 9.59 Å². The largest absolute Gasteiger partial charge is 0.462 e. The Bertz CT molecular complexity index is 1420. The van der Waals surface area contributed by atoms with Gasteiger partial charge in [-0.05, 0) is 89.4 Å². The van der Waals surface area contributed by atoms with E-state index in [0.29, 0.717) is 49.8 Å². The van der Waals surface area contributed by atoms with Gasteiger partial charge in [0, 0.05) is 66.8 Å². The number of nitrogens with zero attached hydrogens (tertiary/aromatic N) is 1. The monoisotopic (exact) mass is 713 g/mol. The molecule has 5 aliphatic heterocycles. The summed E-state index contributed by atoms with van der Waals surface area (Å²) in [6.07, 6.45) is 15.3. The standard InChI is InChI=1S/C38H55N3O6S2/c1-4-22(2)35(44)47-36(3)13-9-24-21-48-49-37(11-5-6-12-37)30-10-14-41(30)32(42)16-26-20-40-31(39)17-27(26)34(24)38(36)19-25-15-23-7-8-33(43)45-28(23)18-29(25)46-38/h4,9,23,25-31,34,40H,5-8,10-21,39H2,1-3H3/t23?,25?,26?,27?,28?,29?,30-,31?,34-,36+,38+/m1/s1. The lowest BCUT2D eigenvalue weighted by atomic mass is 9.56. The van der Waals surface area contributed by atoms with Gasteiger partial charge in [0.1, 0.15) is 17.3 Å². The molecule has 1 amide bonds. The minimum Gasteiger partial charge on any atom is -0.462 e. The molecule has 3 aliphatic carbocycles. The lowest BCUT2D eigenvalue weighted by Gasteiger charge is -2.57. The van der Waals surface area contributed by atoms with Crippen LogP contribution >= 0.6 is 21.6 Å². The van der Waals surface area contributed by atoms with Crippen molar-refractivity contribution in [2.24, 2.45) is 35.3 Å². The van der Waals surface area contributed by atoms with E-state index in [-0.39, 0.29) is 64.6 Å². The molecule has 0 radical (unpaired) electrons. The zero-order valence-corrected chi connectivity index (χ0v) is 31.1. The topological polar surface area (TPSA) is 120 Å². The summed E-state index contributed by atoms with van der Waals surface area (Å²) < 4.78 is 20.3. The van der Waals surface area contributed by atoms with Crippen molar-refractivity contribution in [3.63, 3.8) is 0 Å². The van der Waals surface area contributed by atoms with E-state index in [1.165, 1.54) is 31.3 Å². The second-order valence-corrected chi connectivity index (χ2v) is 19.5. The molecule has 2 saturated carbocycles. The maximum Gasteiger partial charge on any atom is 0.334 e. The van der Waals surface area contributed by atoms with Gasteiger partial charge in [-0.2, -0.15) is 0 Å². The summed E-state index contributed by atoms with van der Waals surface area (Å²) in [4.78, 5) is 42.6. The maximum atomic E-state index is 14.3. The number of esters is 2. The van der Waals surface area contributed by atoms with Gasteiger partial charge in [0.05, 0.1) is 12.3 Å². The Morgan fingerprint density at radius 2 is 1.94 bits per heavy atom. The fraction of sp³-hybridized carbons (Fsp3) is 0.816. The molecule has 0 aromatic rings. The van der Waals surface area contributed by atoms with E-state index in [0.717, 1.165) is 44.4 Å². The van der Waals surface area contributed by atoms with Crippen molar-refractivity contribution in [1.29, 1.82) is 0 Å². The van der Waals surface area contributed by atoms with Gasteiger partial charge in [0.25, 0.3) is 0 Å². The highest BCUT2D eigenvalue weighted by Crippen LogP contribution is 2.63.